The standard InChI is InChI=1S/C23H21ClFN5O2/c24-15-2-1-3-16(25)19(15)17-12-14-13-4-7-23(8-5-13,20(14)30-29-17)18-6-9-26-21(28-18)22(32)27-10-11-31/h1-3,6,9,12-13,31H,4-5,7-8,10-11H2,(H,27,32). The Labute approximate surface area is 189 Å². The fourth-order valence-corrected chi connectivity index (χ4v) is 5.23. The predicted molar refractivity (Wildman–Crippen MR) is 116 cm³/mol. The van der Waals surface area contributed by atoms with E-state index < -0.39 is 17.1 Å². The van der Waals surface area contributed by atoms with Gasteiger partial charge in [-0.3, -0.25) is 4.79 Å². The van der Waals surface area contributed by atoms with Crippen LogP contribution in [0.2, 0.25) is 5.02 Å². The summed E-state index contributed by atoms with van der Waals surface area (Å²) in [5.41, 5.74) is 2.80. The zero-order chi connectivity index (χ0) is 22.3. The molecule has 1 amide bonds. The molecule has 1 saturated carbocycles. The topological polar surface area (TPSA) is 101 Å². The monoisotopic (exact) mass is 453 g/mol. The van der Waals surface area contributed by atoms with Gasteiger partial charge in [0.15, 0.2) is 0 Å². The molecule has 2 heterocycles. The van der Waals surface area contributed by atoms with Crippen LogP contribution >= 0.6 is 11.6 Å². The minimum Gasteiger partial charge on any atom is -0.395 e. The fourth-order valence-electron chi connectivity index (χ4n) is 4.97. The number of aromatic nitrogens is 4. The molecule has 0 spiro atoms. The number of benzene rings is 1. The van der Waals surface area contributed by atoms with Crippen LogP contribution in [-0.2, 0) is 5.41 Å². The number of fused-ring (bicyclic) bond motifs is 2. The Morgan fingerprint density at radius 1 is 1.25 bits per heavy atom. The Kier molecular flexibility index (Phi) is 5.35. The van der Waals surface area contributed by atoms with Gasteiger partial charge in [-0.25, -0.2) is 14.4 Å². The Bertz CT molecular complexity index is 1180. The van der Waals surface area contributed by atoms with E-state index in [0.29, 0.717) is 16.6 Å². The smallest absolute Gasteiger partial charge is 0.289 e. The van der Waals surface area contributed by atoms with Gasteiger partial charge in [0.25, 0.3) is 5.91 Å². The highest BCUT2D eigenvalue weighted by Crippen LogP contribution is 2.55. The average molecular weight is 454 g/mol. The molecule has 3 aromatic rings. The van der Waals surface area contributed by atoms with Crippen LogP contribution in [0.5, 0.6) is 0 Å². The van der Waals surface area contributed by atoms with Crippen molar-refractivity contribution in [1.82, 2.24) is 25.5 Å². The van der Waals surface area contributed by atoms with E-state index in [1.54, 1.807) is 18.3 Å². The molecule has 1 aromatic carbocycles. The number of carbonyl (C=O) groups is 1. The molecule has 32 heavy (non-hydrogen) atoms. The van der Waals surface area contributed by atoms with Crippen molar-refractivity contribution < 1.29 is 14.3 Å². The van der Waals surface area contributed by atoms with Crippen LogP contribution in [0.15, 0.2) is 36.5 Å². The molecule has 3 aliphatic carbocycles. The van der Waals surface area contributed by atoms with E-state index in [2.05, 4.69) is 25.5 Å². The molecule has 6 rings (SSSR count). The molecule has 164 valence electrons. The number of hydrogen-bond acceptors (Lipinski definition) is 6. The molecule has 9 heteroatoms. The molecule has 1 fully saturated rings. The third-order valence-electron chi connectivity index (χ3n) is 6.52. The van der Waals surface area contributed by atoms with Crippen LogP contribution in [-0.4, -0.2) is 44.3 Å². The highest BCUT2D eigenvalue weighted by atomic mass is 35.5. The number of halogens is 2. The van der Waals surface area contributed by atoms with Gasteiger partial charge >= 0.3 is 0 Å². The average Bonchev–Trinajstić information content (AvgIpc) is 2.83. The summed E-state index contributed by atoms with van der Waals surface area (Å²) in [5, 5.41) is 20.7. The summed E-state index contributed by atoms with van der Waals surface area (Å²) in [7, 11) is 0. The first kappa shape index (κ1) is 20.9. The Hall–Kier alpha value is -2.97. The number of carbonyl (C=O) groups excluding carboxylic acids is 1. The molecular formula is C23H21ClFN5O2. The zero-order valence-electron chi connectivity index (χ0n) is 17.2. The third-order valence-corrected chi connectivity index (χ3v) is 6.84. The fraction of sp³-hybridized carbons (Fsp3) is 0.348. The summed E-state index contributed by atoms with van der Waals surface area (Å²) < 4.78 is 14.5. The second-order valence-corrected chi connectivity index (χ2v) is 8.64. The lowest BCUT2D eigenvalue weighted by Crippen LogP contribution is -2.41. The molecule has 0 saturated heterocycles. The third kappa shape index (κ3) is 3.34. The molecule has 0 radical (unpaired) electrons. The number of nitrogens with zero attached hydrogens (tertiary/aromatic N) is 4. The zero-order valence-corrected chi connectivity index (χ0v) is 17.9. The first-order valence-electron chi connectivity index (χ1n) is 10.6. The molecular weight excluding hydrogens is 433 g/mol. The Morgan fingerprint density at radius 3 is 2.81 bits per heavy atom. The Balaban J connectivity index is 1.58. The van der Waals surface area contributed by atoms with Gasteiger partial charge in [0.1, 0.15) is 5.82 Å². The van der Waals surface area contributed by atoms with Crippen molar-refractivity contribution in [3.63, 3.8) is 0 Å². The van der Waals surface area contributed by atoms with Crippen molar-refractivity contribution in [1.29, 1.82) is 0 Å². The minimum absolute atomic E-state index is 0.0577. The number of amides is 1. The molecule has 2 bridgehead atoms. The first-order valence-corrected chi connectivity index (χ1v) is 11.0. The lowest BCUT2D eigenvalue weighted by molar-refractivity contribution is 0.0933. The van der Waals surface area contributed by atoms with Crippen molar-refractivity contribution in [3.05, 3.63) is 70.1 Å². The minimum atomic E-state index is -0.469. The van der Waals surface area contributed by atoms with Crippen molar-refractivity contribution in [2.75, 3.05) is 13.2 Å². The van der Waals surface area contributed by atoms with Gasteiger partial charge in [-0.1, -0.05) is 17.7 Å². The van der Waals surface area contributed by atoms with Crippen LogP contribution < -0.4 is 5.32 Å². The van der Waals surface area contributed by atoms with E-state index in [0.717, 1.165) is 42.6 Å². The van der Waals surface area contributed by atoms with E-state index in [-0.39, 0.29) is 24.5 Å². The summed E-state index contributed by atoms with van der Waals surface area (Å²) in [5.74, 6) is -0.488. The van der Waals surface area contributed by atoms with Gasteiger partial charge in [0.2, 0.25) is 5.82 Å². The van der Waals surface area contributed by atoms with Gasteiger partial charge < -0.3 is 10.4 Å². The van der Waals surface area contributed by atoms with Gasteiger partial charge in [-0.2, -0.15) is 10.2 Å². The SMILES string of the molecule is O=C(NCCO)c1nccc(C23CCC(CC2)c2cc(-c4c(F)cccc4Cl)nnc23)n1. The molecule has 0 atom stereocenters. The lowest BCUT2D eigenvalue weighted by Gasteiger charge is -2.46. The van der Waals surface area contributed by atoms with E-state index in [9.17, 15) is 9.18 Å². The lowest BCUT2D eigenvalue weighted by atomic mass is 9.58. The highest BCUT2D eigenvalue weighted by Gasteiger charge is 2.48. The summed E-state index contributed by atoms with van der Waals surface area (Å²) >= 11 is 6.25. The number of aliphatic hydroxyl groups excluding tert-OH is 1. The van der Waals surface area contributed by atoms with Gasteiger partial charge in [0.05, 0.1) is 39.7 Å². The second-order valence-electron chi connectivity index (χ2n) is 8.23. The first-order chi connectivity index (χ1) is 15.5. The maximum absolute atomic E-state index is 14.5. The molecule has 0 aliphatic heterocycles. The predicted octanol–water partition coefficient (Wildman–Crippen LogP) is 3.41. The van der Waals surface area contributed by atoms with E-state index >= 15 is 0 Å². The van der Waals surface area contributed by atoms with Gasteiger partial charge in [0, 0.05) is 12.7 Å². The molecule has 7 nitrogen and oxygen atoms in total. The van der Waals surface area contributed by atoms with E-state index in [1.165, 1.54) is 6.07 Å². The summed E-state index contributed by atoms with van der Waals surface area (Å²) in [4.78, 5) is 21.0. The molecule has 2 N–H and O–H groups in total. The molecule has 2 aromatic heterocycles. The quantitative estimate of drug-likeness (QED) is 0.614. The maximum Gasteiger partial charge on any atom is 0.289 e. The van der Waals surface area contributed by atoms with Crippen molar-refractivity contribution in [3.8, 4) is 11.3 Å². The van der Waals surface area contributed by atoms with E-state index in [1.807, 2.05) is 12.1 Å². The van der Waals surface area contributed by atoms with Gasteiger partial charge in [-0.15, -0.1) is 0 Å². The number of hydrogen-bond donors (Lipinski definition) is 2. The maximum atomic E-state index is 14.5. The highest BCUT2D eigenvalue weighted by molar-refractivity contribution is 6.33. The normalized spacial score (nSPS) is 21.3. The molecule has 0 unspecified atom stereocenters. The number of rotatable bonds is 5. The van der Waals surface area contributed by atoms with E-state index in [4.69, 9.17) is 16.7 Å². The van der Waals surface area contributed by atoms with Crippen LogP contribution in [0.1, 0.15) is 59.2 Å². The van der Waals surface area contributed by atoms with Crippen LogP contribution in [0.3, 0.4) is 0 Å². The van der Waals surface area contributed by atoms with Crippen LogP contribution in [0.4, 0.5) is 4.39 Å². The van der Waals surface area contributed by atoms with Crippen molar-refractivity contribution in [2.45, 2.75) is 37.0 Å². The summed E-state index contributed by atoms with van der Waals surface area (Å²) in [6, 6.07) is 8.29. The largest absolute Gasteiger partial charge is 0.395 e. The van der Waals surface area contributed by atoms with Crippen LogP contribution in [0, 0.1) is 5.82 Å². The second kappa shape index (κ2) is 8.18. The number of aliphatic hydroxyl groups is 1. The Morgan fingerprint density at radius 2 is 2.06 bits per heavy atom. The van der Waals surface area contributed by atoms with Crippen LogP contribution in [0.25, 0.3) is 11.3 Å². The summed E-state index contributed by atoms with van der Waals surface area (Å²) in [6.07, 6.45) is 5.15. The summed E-state index contributed by atoms with van der Waals surface area (Å²) in [6.45, 7) is -0.0248. The number of nitrogens with one attached hydrogen (secondary N) is 1. The molecule has 3 aliphatic rings. The van der Waals surface area contributed by atoms with Crippen molar-refractivity contribution in [2.24, 2.45) is 0 Å². The van der Waals surface area contributed by atoms with Gasteiger partial charge in [-0.05, 0) is 61.4 Å². The van der Waals surface area contributed by atoms with Crippen molar-refractivity contribution >= 4 is 17.5 Å².